The van der Waals surface area contributed by atoms with Crippen LogP contribution in [0.15, 0.2) is 55.1 Å². The second kappa shape index (κ2) is 7.03. The Morgan fingerprint density at radius 1 is 1.14 bits per heavy atom. The fraction of sp³-hybridized carbons (Fsp3) is 0.158. The van der Waals surface area contributed by atoms with Crippen molar-refractivity contribution >= 4 is 11.3 Å². The lowest BCUT2D eigenvalue weighted by Gasteiger charge is -2.13. The number of nitrogens with one attached hydrogen (secondary N) is 1. The van der Waals surface area contributed by atoms with Crippen LogP contribution in [0.5, 0.6) is 0 Å². The second-order valence-corrected chi connectivity index (χ2v) is 5.05. The Balaban J connectivity index is 2.41. The second-order valence-electron chi connectivity index (χ2n) is 5.05. The molecule has 0 atom stereocenters. The molecule has 0 aromatic heterocycles. The quantitative estimate of drug-likeness (QED) is 0.771. The predicted octanol–water partition coefficient (Wildman–Crippen LogP) is 4.94. The Labute approximate surface area is 130 Å². The highest BCUT2D eigenvalue weighted by Crippen LogP contribution is 2.25. The van der Waals surface area contributed by atoms with E-state index in [2.05, 4.69) is 11.9 Å². The molecule has 0 saturated heterocycles. The Morgan fingerprint density at radius 3 is 2.41 bits per heavy atom. The van der Waals surface area contributed by atoms with Crippen LogP contribution in [0.2, 0.25) is 0 Å². The van der Waals surface area contributed by atoms with Crippen LogP contribution in [-0.2, 0) is 0 Å². The molecule has 0 radical (unpaired) electrons. The molecule has 2 aromatic rings. The topological polar surface area (TPSA) is 12.0 Å². The molecule has 0 saturated carbocycles. The van der Waals surface area contributed by atoms with E-state index in [1.165, 1.54) is 18.2 Å². The third kappa shape index (κ3) is 3.61. The van der Waals surface area contributed by atoms with Gasteiger partial charge >= 0.3 is 0 Å². The molecule has 0 bridgehead atoms. The summed E-state index contributed by atoms with van der Waals surface area (Å²) in [7, 11) is 0. The molecule has 0 heterocycles. The third-order valence-corrected chi connectivity index (χ3v) is 3.38. The minimum absolute atomic E-state index is 0.289. The first kappa shape index (κ1) is 16.0. The van der Waals surface area contributed by atoms with Crippen molar-refractivity contribution in [3.63, 3.8) is 0 Å². The summed E-state index contributed by atoms with van der Waals surface area (Å²) >= 11 is 0. The smallest absolute Gasteiger partial charge is 0.131 e. The lowest BCUT2D eigenvalue weighted by molar-refractivity contribution is 0.623. The number of hydrogen-bond acceptors (Lipinski definition) is 1. The molecular formula is C19H19F2N. The monoisotopic (exact) mass is 299 g/mol. The molecule has 1 N–H and O–H groups in total. The first-order valence-corrected chi connectivity index (χ1v) is 7.18. The lowest BCUT2D eigenvalue weighted by Crippen LogP contribution is -2.11. The number of allylic oxidation sites excluding steroid dienone is 2. The SMILES string of the molecule is C=C(/C=C(\NCC)c1ccc(F)cc1)c1c(C)cccc1F. The standard InChI is InChI=1S/C19H19F2N/c1-4-22-18(15-8-10-16(20)11-9-15)12-14(3)19-13(2)6-5-7-17(19)21/h5-12,22H,3-4H2,1-2H3/b18-12-. The first-order chi connectivity index (χ1) is 10.5. The van der Waals surface area contributed by atoms with Gasteiger partial charge in [-0.15, -0.1) is 0 Å². The van der Waals surface area contributed by atoms with Crippen molar-refractivity contribution in [3.8, 4) is 0 Å². The van der Waals surface area contributed by atoms with Crippen LogP contribution in [0.3, 0.4) is 0 Å². The molecule has 3 heteroatoms. The maximum atomic E-state index is 14.0. The average molecular weight is 299 g/mol. The molecule has 0 spiro atoms. The van der Waals surface area contributed by atoms with Crippen LogP contribution in [0.4, 0.5) is 8.78 Å². The van der Waals surface area contributed by atoms with Crippen LogP contribution in [0.25, 0.3) is 11.3 Å². The molecule has 0 amide bonds. The van der Waals surface area contributed by atoms with Crippen LogP contribution in [0, 0.1) is 18.6 Å². The van der Waals surface area contributed by atoms with E-state index in [1.54, 1.807) is 24.3 Å². The van der Waals surface area contributed by atoms with E-state index in [4.69, 9.17) is 0 Å². The van der Waals surface area contributed by atoms with E-state index in [-0.39, 0.29) is 11.6 Å². The zero-order valence-electron chi connectivity index (χ0n) is 12.8. The average Bonchev–Trinajstić information content (AvgIpc) is 2.47. The summed E-state index contributed by atoms with van der Waals surface area (Å²) in [6.07, 6.45) is 1.79. The summed E-state index contributed by atoms with van der Waals surface area (Å²) in [6.45, 7) is 8.50. The van der Waals surface area contributed by atoms with Crippen LogP contribution in [0.1, 0.15) is 23.6 Å². The zero-order chi connectivity index (χ0) is 16.1. The van der Waals surface area contributed by atoms with E-state index in [9.17, 15) is 8.78 Å². The Bertz CT molecular complexity index is 680. The molecular weight excluding hydrogens is 280 g/mol. The largest absolute Gasteiger partial charge is 0.385 e. The predicted molar refractivity (Wildman–Crippen MR) is 88.2 cm³/mol. The highest BCUT2D eigenvalue weighted by molar-refractivity contribution is 5.83. The number of aryl methyl sites for hydroxylation is 1. The highest BCUT2D eigenvalue weighted by Gasteiger charge is 2.09. The van der Waals surface area contributed by atoms with Crippen molar-refractivity contribution in [2.24, 2.45) is 0 Å². The van der Waals surface area contributed by atoms with Gasteiger partial charge in [0.15, 0.2) is 0 Å². The van der Waals surface area contributed by atoms with Gasteiger partial charge in [-0.1, -0.05) is 30.8 Å². The molecule has 0 fully saturated rings. The summed E-state index contributed by atoms with van der Waals surface area (Å²) < 4.78 is 27.1. The summed E-state index contributed by atoms with van der Waals surface area (Å²) in [5.74, 6) is -0.584. The van der Waals surface area contributed by atoms with Crippen LogP contribution in [-0.4, -0.2) is 6.54 Å². The van der Waals surface area contributed by atoms with Gasteiger partial charge in [0, 0.05) is 17.8 Å². The van der Waals surface area contributed by atoms with Gasteiger partial charge in [0.1, 0.15) is 11.6 Å². The molecule has 114 valence electrons. The molecule has 1 nitrogen and oxygen atoms in total. The van der Waals surface area contributed by atoms with E-state index in [1.807, 2.05) is 19.9 Å². The Kier molecular flexibility index (Phi) is 5.10. The number of hydrogen-bond donors (Lipinski definition) is 1. The van der Waals surface area contributed by atoms with Crippen LogP contribution >= 0.6 is 0 Å². The van der Waals surface area contributed by atoms with Gasteiger partial charge in [-0.2, -0.15) is 0 Å². The fourth-order valence-corrected chi connectivity index (χ4v) is 2.34. The molecule has 0 aliphatic heterocycles. The molecule has 0 aliphatic rings. The fourth-order valence-electron chi connectivity index (χ4n) is 2.34. The van der Waals surface area contributed by atoms with Crippen molar-refractivity contribution < 1.29 is 8.78 Å². The third-order valence-electron chi connectivity index (χ3n) is 3.38. The lowest BCUT2D eigenvalue weighted by atomic mass is 9.99. The normalized spacial score (nSPS) is 11.4. The molecule has 2 rings (SSSR count). The van der Waals surface area contributed by atoms with Gasteiger partial charge in [-0.3, -0.25) is 0 Å². The summed E-state index contributed by atoms with van der Waals surface area (Å²) in [4.78, 5) is 0. The minimum atomic E-state index is -0.295. The number of halogens is 2. The molecule has 0 aliphatic carbocycles. The molecule has 2 aromatic carbocycles. The first-order valence-electron chi connectivity index (χ1n) is 7.18. The van der Waals surface area contributed by atoms with E-state index >= 15 is 0 Å². The van der Waals surface area contributed by atoms with E-state index in [0.29, 0.717) is 17.7 Å². The molecule has 0 unspecified atom stereocenters. The Morgan fingerprint density at radius 2 is 1.82 bits per heavy atom. The van der Waals surface area contributed by atoms with Gasteiger partial charge in [-0.25, -0.2) is 8.78 Å². The van der Waals surface area contributed by atoms with Gasteiger partial charge in [0.05, 0.1) is 0 Å². The maximum absolute atomic E-state index is 14.0. The summed E-state index contributed by atoms with van der Waals surface area (Å²) in [5.41, 5.74) is 3.53. The zero-order valence-corrected chi connectivity index (χ0v) is 12.8. The minimum Gasteiger partial charge on any atom is -0.385 e. The van der Waals surface area contributed by atoms with Crippen molar-refractivity contribution in [2.45, 2.75) is 13.8 Å². The van der Waals surface area contributed by atoms with Crippen LogP contribution < -0.4 is 5.32 Å². The number of rotatable bonds is 5. The highest BCUT2D eigenvalue weighted by atomic mass is 19.1. The van der Waals surface area contributed by atoms with E-state index < -0.39 is 0 Å². The van der Waals surface area contributed by atoms with Gasteiger partial charge < -0.3 is 5.32 Å². The Hall–Kier alpha value is -2.42. The van der Waals surface area contributed by atoms with Crippen molar-refractivity contribution in [3.05, 3.63) is 83.4 Å². The van der Waals surface area contributed by atoms with E-state index in [0.717, 1.165) is 16.8 Å². The van der Waals surface area contributed by atoms with Gasteiger partial charge in [-0.05, 0) is 54.8 Å². The summed E-state index contributed by atoms with van der Waals surface area (Å²) in [5, 5.41) is 3.21. The molecule has 22 heavy (non-hydrogen) atoms. The van der Waals surface area contributed by atoms with Gasteiger partial charge in [0.25, 0.3) is 0 Å². The van der Waals surface area contributed by atoms with Crippen molar-refractivity contribution in [1.82, 2.24) is 5.32 Å². The number of benzene rings is 2. The van der Waals surface area contributed by atoms with Crippen molar-refractivity contribution in [2.75, 3.05) is 6.54 Å². The van der Waals surface area contributed by atoms with Crippen molar-refractivity contribution in [1.29, 1.82) is 0 Å². The van der Waals surface area contributed by atoms with Gasteiger partial charge in [0.2, 0.25) is 0 Å². The maximum Gasteiger partial charge on any atom is 0.131 e. The summed E-state index contributed by atoms with van der Waals surface area (Å²) in [6, 6.07) is 11.1.